The SMILES string of the molecule is C=N/N=C1/CCCC(C)C1. The van der Waals surface area contributed by atoms with Crippen molar-refractivity contribution >= 4 is 12.4 Å². The monoisotopic (exact) mass is 138 g/mol. The maximum Gasteiger partial charge on any atom is 0.0408 e. The third kappa shape index (κ3) is 1.94. The first kappa shape index (κ1) is 7.45. The zero-order valence-corrected chi connectivity index (χ0v) is 6.51. The van der Waals surface area contributed by atoms with Crippen LogP contribution in [0.3, 0.4) is 0 Å². The summed E-state index contributed by atoms with van der Waals surface area (Å²) in [4.78, 5) is 0. The van der Waals surface area contributed by atoms with E-state index in [0.29, 0.717) is 0 Å². The minimum atomic E-state index is 0.800. The molecule has 0 spiro atoms. The molecule has 1 fully saturated rings. The predicted molar refractivity (Wildman–Crippen MR) is 44.6 cm³/mol. The Morgan fingerprint density at radius 3 is 3.00 bits per heavy atom. The minimum absolute atomic E-state index is 0.800. The molecular weight excluding hydrogens is 124 g/mol. The molecule has 2 nitrogen and oxygen atoms in total. The maximum absolute atomic E-state index is 3.96. The Balaban J connectivity index is 2.46. The van der Waals surface area contributed by atoms with Gasteiger partial charge in [0, 0.05) is 12.4 Å². The highest BCUT2D eigenvalue weighted by molar-refractivity contribution is 5.85. The van der Waals surface area contributed by atoms with Gasteiger partial charge in [0.15, 0.2) is 0 Å². The van der Waals surface area contributed by atoms with Crippen LogP contribution in [0.2, 0.25) is 0 Å². The van der Waals surface area contributed by atoms with Gasteiger partial charge in [-0.2, -0.15) is 10.2 Å². The van der Waals surface area contributed by atoms with E-state index in [1.165, 1.54) is 18.6 Å². The van der Waals surface area contributed by atoms with E-state index in [2.05, 4.69) is 23.8 Å². The van der Waals surface area contributed by atoms with Crippen molar-refractivity contribution in [2.24, 2.45) is 16.1 Å². The van der Waals surface area contributed by atoms with Crippen molar-refractivity contribution in [1.29, 1.82) is 0 Å². The van der Waals surface area contributed by atoms with Crippen LogP contribution >= 0.6 is 0 Å². The van der Waals surface area contributed by atoms with E-state index in [0.717, 1.165) is 18.8 Å². The molecule has 0 bridgehead atoms. The van der Waals surface area contributed by atoms with Gasteiger partial charge in [-0.15, -0.1) is 0 Å². The first-order valence-corrected chi connectivity index (χ1v) is 3.84. The van der Waals surface area contributed by atoms with Crippen molar-refractivity contribution in [2.45, 2.75) is 32.6 Å². The molecule has 1 unspecified atom stereocenters. The summed E-state index contributed by atoms with van der Waals surface area (Å²) in [5, 5.41) is 7.50. The fourth-order valence-corrected chi connectivity index (χ4v) is 1.45. The van der Waals surface area contributed by atoms with Gasteiger partial charge in [-0.3, -0.25) is 0 Å². The number of hydrogen-bond donors (Lipinski definition) is 0. The Morgan fingerprint density at radius 1 is 1.60 bits per heavy atom. The van der Waals surface area contributed by atoms with Gasteiger partial charge in [-0.25, -0.2) is 0 Å². The Bertz CT molecular complexity index is 149. The van der Waals surface area contributed by atoms with Crippen LogP contribution in [0.25, 0.3) is 0 Å². The molecule has 0 aromatic rings. The van der Waals surface area contributed by atoms with Crippen LogP contribution in [0, 0.1) is 5.92 Å². The molecule has 1 rings (SSSR count). The predicted octanol–water partition coefficient (Wildman–Crippen LogP) is 2.25. The zero-order valence-electron chi connectivity index (χ0n) is 6.51. The normalized spacial score (nSPS) is 30.5. The lowest BCUT2D eigenvalue weighted by Crippen LogP contribution is -2.11. The summed E-state index contributed by atoms with van der Waals surface area (Å²) in [6.07, 6.45) is 4.87. The van der Waals surface area contributed by atoms with E-state index in [1.54, 1.807) is 0 Å². The molecule has 0 aromatic carbocycles. The molecule has 1 aliphatic carbocycles. The van der Waals surface area contributed by atoms with Crippen LogP contribution in [0.4, 0.5) is 0 Å². The molecule has 56 valence electrons. The molecule has 2 heteroatoms. The summed E-state index contributed by atoms with van der Waals surface area (Å²) < 4.78 is 0. The quantitative estimate of drug-likeness (QED) is 0.392. The number of hydrogen-bond acceptors (Lipinski definition) is 2. The molecule has 0 amide bonds. The van der Waals surface area contributed by atoms with E-state index in [4.69, 9.17) is 0 Å². The van der Waals surface area contributed by atoms with Crippen molar-refractivity contribution in [3.63, 3.8) is 0 Å². The first-order valence-electron chi connectivity index (χ1n) is 3.84. The Labute approximate surface area is 62.0 Å². The molecule has 0 saturated heterocycles. The van der Waals surface area contributed by atoms with E-state index in [9.17, 15) is 0 Å². The van der Waals surface area contributed by atoms with Crippen molar-refractivity contribution in [3.05, 3.63) is 0 Å². The van der Waals surface area contributed by atoms with Crippen LogP contribution in [-0.2, 0) is 0 Å². The summed E-state index contributed by atoms with van der Waals surface area (Å²) in [6, 6.07) is 0. The Kier molecular flexibility index (Phi) is 2.60. The van der Waals surface area contributed by atoms with Gasteiger partial charge in [0.05, 0.1) is 0 Å². The first-order chi connectivity index (χ1) is 4.83. The second-order valence-electron chi connectivity index (χ2n) is 3.01. The van der Waals surface area contributed by atoms with Crippen LogP contribution in [-0.4, -0.2) is 12.4 Å². The lowest BCUT2D eigenvalue weighted by atomic mass is 9.89. The van der Waals surface area contributed by atoms with Crippen LogP contribution < -0.4 is 0 Å². The second kappa shape index (κ2) is 3.49. The second-order valence-corrected chi connectivity index (χ2v) is 3.01. The fourth-order valence-electron chi connectivity index (χ4n) is 1.45. The smallest absolute Gasteiger partial charge is 0.0408 e. The van der Waals surface area contributed by atoms with Crippen LogP contribution in [0.1, 0.15) is 32.6 Å². The molecular formula is C8H14N2. The van der Waals surface area contributed by atoms with Crippen molar-refractivity contribution < 1.29 is 0 Å². The minimum Gasteiger partial charge on any atom is -0.167 e. The molecule has 1 saturated carbocycles. The van der Waals surface area contributed by atoms with Gasteiger partial charge in [0.2, 0.25) is 0 Å². The molecule has 0 radical (unpaired) electrons. The molecule has 1 atom stereocenters. The summed E-state index contributed by atoms with van der Waals surface area (Å²) >= 11 is 0. The molecule has 0 N–H and O–H groups in total. The third-order valence-electron chi connectivity index (χ3n) is 1.96. The van der Waals surface area contributed by atoms with Gasteiger partial charge in [0.25, 0.3) is 0 Å². The highest BCUT2D eigenvalue weighted by atomic mass is 15.2. The highest BCUT2D eigenvalue weighted by Crippen LogP contribution is 2.21. The van der Waals surface area contributed by atoms with E-state index in [-0.39, 0.29) is 0 Å². The Morgan fingerprint density at radius 2 is 2.40 bits per heavy atom. The van der Waals surface area contributed by atoms with Gasteiger partial charge in [-0.1, -0.05) is 6.92 Å². The van der Waals surface area contributed by atoms with Crippen LogP contribution in [0.15, 0.2) is 10.2 Å². The summed E-state index contributed by atoms with van der Waals surface area (Å²) in [6.45, 7) is 5.60. The zero-order chi connectivity index (χ0) is 7.40. The van der Waals surface area contributed by atoms with E-state index >= 15 is 0 Å². The van der Waals surface area contributed by atoms with Gasteiger partial charge < -0.3 is 0 Å². The summed E-state index contributed by atoms with van der Waals surface area (Å²) in [5.74, 6) is 0.800. The average Bonchev–Trinajstić information content (AvgIpc) is 1.88. The van der Waals surface area contributed by atoms with Gasteiger partial charge in [-0.05, 0) is 31.6 Å². The topological polar surface area (TPSA) is 24.7 Å². The maximum atomic E-state index is 3.96. The number of nitrogens with zero attached hydrogens (tertiary/aromatic N) is 2. The lowest BCUT2D eigenvalue weighted by molar-refractivity contribution is 0.499. The molecule has 1 aliphatic rings. The number of rotatable bonds is 1. The molecule has 0 heterocycles. The standard InChI is InChI=1S/C8H14N2/c1-7-4-3-5-8(6-7)10-9-2/h7H,2-6H2,1H3/b10-8-. The molecule has 10 heavy (non-hydrogen) atoms. The summed E-state index contributed by atoms with van der Waals surface area (Å²) in [7, 11) is 0. The Hall–Kier alpha value is -0.660. The molecule has 0 aromatic heterocycles. The fraction of sp³-hybridized carbons (Fsp3) is 0.750. The van der Waals surface area contributed by atoms with E-state index < -0.39 is 0 Å². The summed E-state index contributed by atoms with van der Waals surface area (Å²) in [5.41, 5.74) is 1.23. The van der Waals surface area contributed by atoms with Gasteiger partial charge in [0.1, 0.15) is 0 Å². The lowest BCUT2D eigenvalue weighted by Gasteiger charge is -2.17. The largest absolute Gasteiger partial charge is 0.167 e. The third-order valence-corrected chi connectivity index (χ3v) is 1.96. The van der Waals surface area contributed by atoms with Crippen molar-refractivity contribution in [3.8, 4) is 0 Å². The van der Waals surface area contributed by atoms with E-state index in [1.807, 2.05) is 0 Å². The van der Waals surface area contributed by atoms with Gasteiger partial charge >= 0.3 is 0 Å². The highest BCUT2D eigenvalue weighted by Gasteiger charge is 2.13. The van der Waals surface area contributed by atoms with Crippen molar-refractivity contribution in [1.82, 2.24) is 0 Å². The average molecular weight is 138 g/mol. The van der Waals surface area contributed by atoms with Crippen LogP contribution in [0.5, 0.6) is 0 Å². The van der Waals surface area contributed by atoms with Crippen molar-refractivity contribution in [2.75, 3.05) is 0 Å². The molecule has 0 aliphatic heterocycles.